The van der Waals surface area contributed by atoms with E-state index in [9.17, 15) is 23.2 Å². The number of halogens is 2. The molecule has 294 valence electrons. The number of aryl methyl sites for hydroxylation is 1. The van der Waals surface area contributed by atoms with E-state index in [0.717, 1.165) is 49.4 Å². The highest BCUT2D eigenvalue weighted by Crippen LogP contribution is 2.43. The van der Waals surface area contributed by atoms with Crippen LogP contribution in [0, 0.1) is 24.7 Å². The van der Waals surface area contributed by atoms with Crippen LogP contribution in [-0.2, 0) is 19.1 Å². The first-order valence-electron chi connectivity index (χ1n) is 19.5. The summed E-state index contributed by atoms with van der Waals surface area (Å²) in [5, 5.41) is 17.7. The minimum Gasteiger partial charge on any atom is -0.362 e. The molecule has 5 atom stereocenters. The first-order chi connectivity index (χ1) is 25.2. The van der Waals surface area contributed by atoms with Crippen LogP contribution in [0.25, 0.3) is 0 Å². The van der Waals surface area contributed by atoms with Crippen LogP contribution in [0.1, 0.15) is 121 Å². The number of hydrogen-bond acceptors (Lipinski definition) is 8. The average molecular weight is 743 g/mol. The van der Waals surface area contributed by atoms with Crippen LogP contribution in [0.4, 0.5) is 14.5 Å². The zero-order chi connectivity index (χ0) is 38.3. The molecule has 0 spiro atoms. The Labute approximate surface area is 312 Å². The van der Waals surface area contributed by atoms with Gasteiger partial charge in [-0.25, -0.2) is 8.78 Å². The van der Waals surface area contributed by atoms with Crippen LogP contribution in [0.2, 0.25) is 0 Å². The predicted molar refractivity (Wildman–Crippen MR) is 199 cm³/mol. The van der Waals surface area contributed by atoms with Crippen molar-refractivity contribution in [2.24, 2.45) is 23.5 Å². The summed E-state index contributed by atoms with van der Waals surface area (Å²) in [6.45, 7) is 11.7. The number of rotatable bonds is 17. The van der Waals surface area contributed by atoms with Crippen molar-refractivity contribution >= 4 is 23.4 Å². The Morgan fingerprint density at radius 3 is 2.19 bits per heavy atom. The van der Waals surface area contributed by atoms with E-state index in [0.29, 0.717) is 49.2 Å². The Morgan fingerprint density at radius 1 is 0.925 bits per heavy atom. The molecule has 4 unspecified atom stereocenters. The number of anilines is 1. The van der Waals surface area contributed by atoms with Crippen molar-refractivity contribution in [1.29, 1.82) is 0 Å². The number of nitrogens with one attached hydrogen (secondary N) is 3. The molecule has 3 aliphatic rings. The fourth-order valence-corrected chi connectivity index (χ4v) is 8.24. The normalized spacial score (nSPS) is 23.4. The van der Waals surface area contributed by atoms with Gasteiger partial charge in [0.15, 0.2) is 0 Å². The van der Waals surface area contributed by atoms with Gasteiger partial charge in [-0.2, -0.15) is 0 Å². The zero-order valence-electron chi connectivity index (χ0n) is 32.1. The van der Waals surface area contributed by atoms with Gasteiger partial charge >= 0.3 is 0 Å². The summed E-state index contributed by atoms with van der Waals surface area (Å²) in [5.41, 5.74) is 7.13. The molecule has 2 aliphatic heterocycles. The van der Waals surface area contributed by atoms with Gasteiger partial charge in [0, 0.05) is 61.6 Å². The van der Waals surface area contributed by atoms with Crippen LogP contribution in [0.5, 0.6) is 0 Å². The van der Waals surface area contributed by atoms with Gasteiger partial charge in [0.2, 0.25) is 23.6 Å². The molecule has 3 amide bonds. The Hall–Kier alpha value is -3.49. The van der Waals surface area contributed by atoms with E-state index in [1.54, 1.807) is 12.1 Å². The monoisotopic (exact) mass is 742 g/mol. The van der Waals surface area contributed by atoms with Crippen molar-refractivity contribution in [2.45, 2.75) is 128 Å². The quantitative estimate of drug-likeness (QED) is 0.171. The van der Waals surface area contributed by atoms with Crippen molar-refractivity contribution in [3.8, 4) is 0 Å². The standard InChI is InChI=1S/C39H60F2N8O4/c1-24(2)37-47-46-27(5)49(37)33-18-31-10-11-32(19-33)48(31)17-14-34(45-38(52)29-12-15-39(40,41)16-13-29)28-6-8-30(9-7-28)44-36(51)23-53-22-35(50)43-21-26(4)25(3)20-42/h6-9,24-26,29,31-34H,10-23,42H2,1-5H3,(H,43,50)(H,44,51)(H,45,52)/t25?,26?,31?,32?,33?,34-/m0/s1. The number of carbonyl (C=O) groups is 3. The second-order valence-electron chi connectivity index (χ2n) is 16.0. The Bertz CT molecular complexity index is 1510. The predicted octanol–water partition coefficient (Wildman–Crippen LogP) is 5.25. The number of hydrogen-bond donors (Lipinski definition) is 4. The summed E-state index contributed by atoms with van der Waals surface area (Å²) in [7, 11) is 0. The van der Waals surface area contributed by atoms with Crippen LogP contribution in [0.15, 0.2) is 24.3 Å². The fraction of sp³-hybridized carbons (Fsp3) is 0.718. The SMILES string of the molecule is Cc1nnc(C(C)C)n1C1CC2CCC(C1)N2CC[C@H](NC(=O)C1CCC(F)(F)CC1)c1ccc(NC(=O)COCC(=O)NCC(C)C(C)CN)cc1. The van der Waals surface area contributed by atoms with Gasteiger partial charge in [-0.15, -0.1) is 10.2 Å². The third-order valence-electron chi connectivity index (χ3n) is 11.7. The van der Waals surface area contributed by atoms with E-state index >= 15 is 0 Å². The van der Waals surface area contributed by atoms with Crippen molar-refractivity contribution in [3.63, 3.8) is 0 Å². The molecule has 12 nitrogen and oxygen atoms in total. The second kappa shape index (κ2) is 18.2. The largest absolute Gasteiger partial charge is 0.362 e. The molecule has 5 rings (SSSR count). The Kier molecular flexibility index (Phi) is 14.0. The molecule has 3 heterocycles. The molecular weight excluding hydrogens is 682 g/mol. The van der Waals surface area contributed by atoms with Gasteiger partial charge in [0.1, 0.15) is 24.9 Å². The lowest BCUT2D eigenvalue weighted by molar-refractivity contribution is -0.130. The van der Waals surface area contributed by atoms with Crippen LogP contribution < -0.4 is 21.7 Å². The van der Waals surface area contributed by atoms with Crippen LogP contribution >= 0.6 is 0 Å². The lowest BCUT2D eigenvalue weighted by Gasteiger charge is -2.40. The summed E-state index contributed by atoms with van der Waals surface area (Å²) < 4.78 is 35.5. The summed E-state index contributed by atoms with van der Waals surface area (Å²) in [5.74, 6) is -1.22. The first-order valence-corrected chi connectivity index (χ1v) is 19.5. The van der Waals surface area contributed by atoms with E-state index in [4.69, 9.17) is 10.5 Å². The molecule has 5 N–H and O–H groups in total. The van der Waals surface area contributed by atoms with Crippen molar-refractivity contribution in [3.05, 3.63) is 41.5 Å². The van der Waals surface area contributed by atoms with Gasteiger partial charge in [0.25, 0.3) is 0 Å². The number of benzene rings is 1. The third-order valence-corrected chi connectivity index (χ3v) is 11.7. The van der Waals surface area contributed by atoms with Crippen LogP contribution in [-0.4, -0.2) is 88.2 Å². The first kappa shape index (κ1) is 40.7. The highest BCUT2D eigenvalue weighted by atomic mass is 19.3. The topological polar surface area (TPSA) is 157 Å². The van der Waals surface area contributed by atoms with E-state index in [1.165, 1.54) is 0 Å². The van der Waals surface area contributed by atoms with E-state index in [1.807, 2.05) is 32.9 Å². The molecule has 14 heteroatoms. The second-order valence-corrected chi connectivity index (χ2v) is 16.0. The molecule has 0 radical (unpaired) electrons. The molecule has 1 saturated carbocycles. The van der Waals surface area contributed by atoms with Crippen molar-refractivity contribution in [1.82, 2.24) is 30.3 Å². The third kappa shape index (κ3) is 10.8. The number of fused-ring (bicyclic) bond motifs is 2. The maximum atomic E-state index is 13.9. The van der Waals surface area contributed by atoms with Gasteiger partial charge in [-0.3, -0.25) is 19.3 Å². The summed E-state index contributed by atoms with van der Waals surface area (Å²) in [6.07, 6.45) is 4.78. The minimum atomic E-state index is -2.71. The molecule has 2 saturated heterocycles. The van der Waals surface area contributed by atoms with E-state index < -0.39 is 17.7 Å². The molecular formula is C39H60F2N8O4. The molecule has 2 bridgehead atoms. The lowest BCUT2D eigenvalue weighted by atomic mass is 9.86. The zero-order valence-corrected chi connectivity index (χ0v) is 32.1. The number of ether oxygens (including phenoxy) is 1. The molecule has 1 aromatic heterocycles. The van der Waals surface area contributed by atoms with Gasteiger partial charge in [-0.1, -0.05) is 39.8 Å². The summed E-state index contributed by atoms with van der Waals surface area (Å²) in [6, 6.07) is 8.22. The number of alkyl halides is 2. The number of aromatic nitrogens is 3. The van der Waals surface area contributed by atoms with Crippen molar-refractivity contribution in [2.75, 3.05) is 38.2 Å². The number of carbonyl (C=O) groups excluding carboxylic acids is 3. The summed E-state index contributed by atoms with van der Waals surface area (Å²) in [4.78, 5) is 40.8. The van der Waals surface area contributed by atoms with E-state index in [2.05, 4.69) is 49.5 Å². The maximum Gasteiger partial charge on any atom is 0.250 e. The number of nitrogens with two attached hydrogens (primary N) is 1. The summed E-state index contributed by atoms with van der Waals surface area (Å²) >= 11 is 0. The van der Waals surface area contributed by atoms with E-state index in [-0.39, 0.29) is 68.6 Å². The van der Waals surface area contributed by atoms with Gasteiger partial charge in [-0.05, 0) is 87.9 Å². The van der Waals surface area contributed by atoms with Gasteiger partial charge < -0.3 is 31.0 Å². The Balaban J connectivity index is 1.18. The average Bonchev–Trinajstić information content (AvgIpc) is 3.63. The van der Waals surface area contributed by atoms with Gasteiger partial charge in [0.05, 0.1) is 6.04 Å². The smallest absolute Gasteiger partial charge is 0.250 e. The van der Waals surface area contributed by atoms with Crippen molar-refractivity contribution < 1.29 is 27.9 Å². The molecule has 53 heavy (non-hydrogen) atoms. The fourth-order valence-electron chi connectivity index (χ4n) is 8.24. The minimum absolute atomic E-state index is 0.172. The molecule has 1 aromatic carbocycles. The lowest BCUT2D eigenvalue weighted by Crippen LogP contribution is -2.45. The number of piperidine rings is 1. The number of amides is 3. The Morgan fingerprint density at radius 2 is 1.57 bits per heavy atom. The highest BCUT2D eigenvalue weighted by molar-refractivity contribution is 5.92. The highest BCUT2D eigenvalue weighted by Gasteiger charge is 2.43. The molecule has 3 fully saturated rings. The maximum absolute atomic E-state index is 13.9. The number of nitrogens with zero attached hydrogens (tertiary/aromatic N) is 4. The van der Waals surface area contributed by atoms with Crippen LogP contribution in [0.3, 0.4) is 0 Å². The molecule has 2 aromatic rings. The molecule has 1 aliphatic carbocycles.